The Morgan fingerprint density at radius 3 is 2.87 bits per heavy atom. The summed E-state index contributed by atoms with van der Waals surface area (Å²) in [5, 5.41) is 0. The normalized spacial score (nSPS) is 10.3. The van der Waals surface area contributed by atoms with Crippen LogP contribution in [0.3, 0.4) is 0 Å². The van der Waals surface area contributed by atoms with Crippen LogP contribution in [0.1, 0.15) is 12.7 Å². The van der Waals surface area contributed by atoms with Crippen LogP contribution in [0.15, 0.2) is 36.5 Å². The van der Waals surface area contributed by atoms with Gasteiger partial charge in [-0.2, -0.15) is 0 Å². The second-order valence-electron chi connectivity index (χ2n) is 3.22. The zero-order valence-electron chi connectivity index (χ0n) is 8.44. The Kier molecular flexibility index (Phi) is 2.72. The van der Waals surface area contributed by atoms with Crippen LogP contribution >= 0.6 is 0 Å². The first-order valence-corrected chi connectivity index (χ1v) is 4.87. The molecule has 0 fully saturated rings. The topological polar surface area (TPSA) is 25.8 Å². The summed E-state index contributed by atoms with van der Waals surface area (Å²) in [5.41, 5.74) is 1.55. The molecule has 0 bridgehead atoms. The molecule has 0 saturated carbocycles. The number of hydrogen-bond donors (Lipinski definition) is 0. The van der Waals surface area contributed by atoms with Crippen molar-refractivity contribution < 1.29 is 4.39 Å². The largest absolute Gasteiger partial charge is 0.241 e. The Labute approximate surface area is 87.8 Å². The molecule has 15 heavy (non-hydrogen) atoms. The number of aromatic nitrogens is 2. The van der Waals surface area contributed by atoms with E-state index in [-0.39, 0.29) is 5.82 Å². The van der Waals surface area contributed by atoms with Gasteiger partial charge in [0.25, 0.3) is 0 Å². The van der Waals surface area contributed by atoms with E-state index >= 15 is 0 Å². The number of rotatable bonds is 2. The van der Waals surface area contributed by atoms with Gasteiger partial charge in [0.05, 0.1) is 5.69 Å². The Balaban J connectivity index is 2.44. The zero-order valence-corrected chi connectivity index (χ0v) is 8.44. The highest BCUT2D eigenvalue weighted by atomic mass is 19.1. The Hall–Kier alpha value is -1.77. The van der Waals surface area contributed by atoms with Crippen molar-refractivity contribution in [3.8, 4) is 11.3 Å². The maximum Gasteiger partial charge on any atom is 0.128 e. The summed E-state index contributed by atoms with van der Waals surface area (Å²) in [7, 11) is 0. The second kappa shape index (κ2) is 4.17. The molecule has 1 aromatic heterocycles. The van der Waals surface area contributed by atoms with Gasteiger partial charge in [0.15, 0.2) is 0 Å². The highest BCUT2D eigenvalue weighted by molar-refractivity contribution is 5.58. The maximum atomic E-state index is 13.0. The van der Waals surface area contributed by atoms with E-state index in [1.54, 1.807) is 18.3 Å². The summed E-state index contributed by atoms with van der Waals surface area (Å²) in [5.74, 6) is 0.529. The fourth-order valence-corrected chi connectivity index (χ4v) is 1.38. The van der Waals surface area contributed by atoms with Crippen LogP contribution in [-0.2, 0) is 6.42 Å². The van der Waals surface area contributed by atoms with Crippen molar-refractivity contribution in [2.24, 2.45) is 0 Å². The first-order chi connectivity index (χ1) is 7.29. The Morgan fingerprint density at radius 1 is 1.27 bits per heavy atom. The van der Waals surface area contributed by atoms with Gasteiger partial charge in [-0.3, -0.25) is 0 Å². The van der Waals surface area contributed by atoms with Crippen LogP contribution in [0.25, 0.3) is 11.3 Å². The quantitative estimate of drug-likeness (QED) is 0.748. The van der Waals surface area contributed by atoms with Gasteiger partial charge in [-0.05, 0) is 18.2 Å². The van der Waals surface area contributed by atoms with Gasteiger partial charge >= 0.3 is 0 Å². The van der Waals surface area contributed by atoms with Crippen LogP contribution in [-0.4, -0.2) is 9.97 Å². The summed E-state index contributed by atoms with van der Waals surface area (Å²) < 4.78 is 13.0. The number of aryl methyl sites for hydroxylation is 1. The molecule has 3 heteroatoms. The molecule has 1 aromatic carbocycles. The van der Waals surface area contributed by atoms with Gasteiger partial charge in [0.2, 0.25) is 0 Å². The predicted molar refractivity (Wildman–Crippen MR) is 56.8 cm³/mol. The molecule has 0 aliphatic carbocycles. The first kappa shape index (κ1) is 9.77. The van der Waals surface area contributed by atoms with Crippen LogP contribution < -0.4 is 0 Å². The number of halogens is 1. The van der Waals surface area contributed by atoms with Gasteiger partial charge in [-0.25, -0.2) is 14.4 Å². The second-order valence-corrected chi connectivity index (χ2v) is 3.22. The van der Waals surface area contributed by atoms with E-state index in [0.29, 0.717) is 0 Å². The minimum Gasteiger partial charge on any atom is -0.241 e. The monoisotopic (exact) mass is 202 g/mol. The standard InChI is InChI=1S/C12H11FN2/c1-2-12-14-7-6-11(15-12)9-4-3-5-10(13)8-9/h3-8H,2H2,1H3. The first-order valence-electron chi connectivity index (χ1n) is 4.87. The molecule has 0 N–H and O–H groups in total. The lowest BCUT2D eigenvalue weighted by Gasteiger charge is -2.02. The molecule has 2 rings (SSSR count). The highest BCUT2D eigenvalue weighted by Crippen LogP contribution is 2.17. The van der Waals surface area contributed by atoms with Crippen LogP contribution in [0.5, 0.6) is 0 Å². The van der Waals surface area contributed by atoms with E-state index in [9.17, 15) is 4.39 Å². The lowest BCUT2D eigenvalue weighted by molar-refractivity contribution is 0.628. The Bertz CT molecular complexity index is 469. The van der Waals surface area contributed by atoms with Crippen LogP contribution in [0, 0.1) is 5.82 Å². The third-order valence-corrected chi connectivity index (χ3v) is 2.14. The molecule has 76 valence electrons. The summed E-state index contributed by atoms with van der Waals surface area (Å²) in [6, 6.07) is 8.20. The summed E-state index contributed by atoms with van der Waals surface area (Å²) >= 11 is 0. The fraction of sp³-hybridized carbons (Fsp3) is 0.167. The lowest BCUT2D eigenvalue weighted by Crippen LogP contribution is -1.93. The molecule has 2 nitrogen and oxygen atoms in total. The van der Waals surface area contributed by atoms with E-state index in [4.69, 9.17) is 0 Å². The molecular weight excluding hydrogens is 191 g/mol. The van der Waals surface area contributed by atoms with E-state index in [1.807, 2.05) is 13.0 Å². The van der Waals surface area contributed by atoms with Crippen molar-refractivity contribution in [2.45, 2.75) is 13.3 Å². The van der Waals surface area contributed by atoms with Crippen LogP contribution in [0.4, 0.5) is 4.39 Å². The minimum atomic E-state index is -0.246. The summed E-state index contributed by atoms with van der Waals surface area (Å²) in [6.07, 6.45) is 2.48. The van der Waals surface area contributed by atoms with Gasteiger partial charge in [-0.15, -0.1) is 0 Å². The molecule has 0 aliphatic heterocycles. The van der Waals surface area contributed by atoms with E-state index in [1.165, 1.54) is 12.1 Å². The summed E-state index contributed by atoms with van der Waals surface area (Å²) in [6.45, 7) is 1.99. The zero-order chi connectivity index (χ0) is 10.7. The highest BCUT2D eigenvalue weighted by Gasteiger charge is 2.01. The molecule has 0 aliphatic rings. The molecular formula is C12H11FN2. The van der Waals surface area contributed by atoms with E-state index in [2.05, 4.69) is 9.97 Å². The third kappa shape index (κ3) is 2.18. The van der Waals surface area contributed by atoms with Gasteiger partial charge < -0.3 is 0 Å². The van der Waals surface area contributed by atoms with Crippen molar-refractivity contribution in [2.75, 3.05) is 0 Å². The van der Waals surface area contributed by atoms with Crippen molar-refractivity contribution in [3.63, 3.8) is 0 Å². The molecule has 0 amide bonds. The minimum absolute atomic E-state index is 0.246. The lowest BCUT2D eigenvalue weighted by atomic mass is 10.1. The van der Waals surface area contributed by atoms with Gasteiger partial charge in [0.1, 0.15) is 11.6 Å². The van der Waals surface area contributed by atoms with E-state index < -0.39 is 0 Å². The molecule has 0 atom stereocenters. The van der Waals surface area contributed by atoms with Crippen LogP contribution in [0.2, 0.25) is 0 Å². The molecule has 0 spiro atoms. The molecule has 0 unspecified atom stereocenters. The molecule has 0 radical (unpaired) electrons. The number of benzene rings is 1. The molecule has 1 heterocycles. The van der Waals surface area contributed by atoms with Gasteiger partial charge in [0, 0.05) is 18.2 Å². The van der Waals surface area contributed by atoms with Crippen molar-refractivity contribution >= 4 is 0 Å². The SMILES string of the molecule is CCc1nccc(-c2cccc(F)c2)n1. The number of nitrogens with zero attached hydrogens (tertiary/aromatic N) is 2. The maximum absolute atomic E-state index is 13.0. The number of hydrogen-bond acceptors (Lipinski definition) is 2. The van der Waals surface area contributed by atoms with E-state index in [0.717, 1.165) is 23.5 Å². The fourth-order valence-electron chi connectivity index (χ4n) is 1.38. The average Bonchev–Trinajstić information content (AvgIpc) is 2.29. The summed E-state index contributed by atoms with van der Waals surface area (Å²) in [4.78, 5) is 8.43. The van der Waals surface area contributed by atoms with Crippen molar-refractivity contribution in [3.05, 3.63) is 48.2 Å². The van der Waals surface area contributed by atoms with Crippen molar-refractivity contribution in [1.29, 1.82) is 0 Å². The smallest absolute Gasteiger partial charge is 0.128 e. The van der Waals surface area contributed by atoms with Crippen molar-refractivity contribution in [1.82, 2.24) is 9.97 Å². The average molecular weight is 202 g/mol. The predicted octanol–water partition coefficient (Wildman–Crippen LogP) is 2.85. The molecule has 0 saturated heterocycles. The Morgan fingerprint density at radius 2 is 2.13 bits per heavy atom. The molecule has 2 aromatic rings. The van der Waals surface area contributed by atoms with Gasteiger partial charge in [-0.1, -0.05) is 19.1 Å². The third-order valence-electron chi connectivity index (χ3n) is 2.14.